The molecule has 5 heteroatoms. The van der Waals surface area contributed by atoms with Gasteiger partial charge in [-0.1, -0.05) is 60.7 Å². The van der Waals surface area contributed by atoms with E-state index in [1.54, 1.807) is 18.2 Å². The average Bonchev–Trinajstić information content (AvgIpc) is 2.67. The van der Waals surface area contributed by atoms with Crippen LogP contribution in [0.25, 0.3) is 10.8 Å². The van der Waals surface area contributed by atoms with Crippen molar-refractivity contribution in [1.29, 1.82) is 0 Å². The smallest absolute Gasteiger partial charge is 0.342 e. The molecule has 0 aliphatic heterocycles. The molecule has 3 aromatic rings. The summed E-state index contributed by atoms with van der Waals surface area (Å²) in [5, 5.41) is 14.4. The fraction of sp³-hybridized carbons (Fsp3) is 0.143. The van der Waals surface area contributed by atoms with Crippen LogP contribution in [0, 0.1) is 0 Å². The minimum Gasteiger partial charge on any atom is -0.506 e. The van der Waals surface area contributed by atoms with E-state index in [0.717, 1.165) is 10.9 Å². The lowest BCUT2D eigenvalue weighted by Crippen LogP contribution is -2.31. The number of hydrogen-bond donors (Lipinski definition) is 2. The number of ether oxygens (including phenoxy) is 1. The van der Waals surface area contributed by atoms with E-state index in [0.29, 0.717) is 5.39 Å². The number of hydrogen-bond acceptors (Lipinski definition) is 4. The third-order valence-electron chi connectivity index (χ3n) is 4.13. The lowest BCUT2D eigenvalue weighted by molar-refractivity contribution is -0.124. The van der Waals surface area contributed by atoms with Crippen LogP contribution >= 0.6 is 0 Å². The number of phenolic OH excluding ortho intramolecular Hbond substituents is 1. The Hall–Kier alpha value is -3.34. The highest BCUT2D eigenvalue weighted by Crippen LogP contribution is 2.28. The number of phenols is 1. The van der Waals surface area contributed by atoms with E-state index >= 15 is 0 Å². The predicted octanol–water partition coefficient (Wildman–Crippen LogP) is 3.58. The quantitative estimate of drug-likeness (QED) is 0.691. The Morgan fingerprint density at radius 3 is 2.46 bits per heavy atom. The highest BCUT2D eigenvalue weighted by Gasteiger charge is 2.17. The average molecular weight is 349 g/mol. The molecule has 132 valence electrons. The third kappa shape index (κ3) is 3.83. The number of nitrogens with one attached hydrogen (secondary N) is 1. The normalized spacial score (nSPS) is 11.7. The zero-order valence-electron chi connectivity index (χ0n) is 14.3. The topological polar surface area (TPSA) is 75.6 Å². The summed E-state index contributed by atoms with van der Waals surface area (Å²) in [6, 6.07) is 19.7. The summed E-state index contributed by atoms with van der Waals surface area (Å²) in [6.45, 7) is 1.44. The molecule has 0 aliphatic rings. The highest BCUT2D eigenvalue weighted by molar-refractivity contribution is 6.01. The van der Waals surface area contributed by atoms with Crippen molar-refractivity contribution in [3.05, 3.63) is 77.9 Å². The van der Waals surface area contributed by atoms with Gasteiger partial charge in [-0.15, -0.1) is 0 Å². The summed E-state index contributed by atoms with van der Waals surface area (Å²) in [7, 11) is 0. The van der Waals surface area contributed by atoms with Crippen molar-refractivity contribution in [1.82, 2.24) is 5.32 Å². The number of benzene rings is 3. The largest absolute Gasteiger partial charge is 0.506 e. The van der Waals surface area contributed by atoms with Crippen molar-refractivity contribution in [2.45, 2.75) is 13.0 Å². The van der Waals surface area contributed by atoms with Gasteiger partial charge in [0.05, 0.1) is 6.04 Å². The van der Waals surface area contributed by atoms with Crippen LogP contribution in [0.3, 0.4) is 0 Å². The van der Waals surface area contributed by atoms with Gasteiger partial charge >= 0.3 is 5.97 Å². The molecule has 3 rings (SSSR count). The first kappa shape index (κ1) is 17.5. The van der Waals surface area contributed by atoms with Crippen molar-refractivity contribution in [2.24, 2.45) is 0 Å². The molecule has 0 fully saturated rings. The third-order valence-corrected chi connectivity index (χ3v) is 4.13. The second kappa shape index (κ2) is 7.70. The predicted molar refractivity (Wildman–Crippen MR) is 98.9 cm³/mol. The maximum absolute atomic E-state index is 12.2. The molecule has 0 spiro atoms. The lowest BCUT2D eigenvalue weighted by atomic mass is 10.1. The standard InChI is InChI=1S/C21H19NO4/c1-14(15-7-3-2-4-8-15)22-19(23)13-26-21(25)18-12-11-16-9-5-6-10-17(16)20(18)24/h2-12,14,24H,13H2,1H3,(H,22,23)/t14-/m1/s1. The van der Waals surface area contributed by atoms with Crippen molar-refractivity contribution >= 4 is 22.6 Å². The van der Waals surface area contributed by atoms with E-state index in [2.05, 4.69) is 5.32 Å². The number of esters is 1. The molecule has 0 unspecified atom stereocenters. The first-order chi connectivity index (χ1) is 12.6. The zero-order chi connectivity index (χ0) is 18.5. The number of carbonyl (C=O) groups excluding carboxylic acids is 2. The van der Waals surface area contributed by atoms with Gasteiger partial charge < -0.3 is 15.2 Å². The second-order valence-corrected chi connectivity index (χ2v) is 5.96. The molecule has 26 heavy (non-hydrogen) atoms. The molecule has 0 aromatic heterocycles. The fourth-order valence-electron chi connectivity index (χ4n) is 2.74. The van der Waals surface area contributed by atoms with Crippen molar-refractivity contribution in [3.63, 3.8) is 0 Å². The van der Waals surface area contributed by atoms with Gasteiger partial charge in [-0.2, -0.15) is 0 Å². The molecule has 0 radical (unpaired) electrons. The summed E-state index contributed by atoms with van der Waals surface area (Å²) in [5.74, 6) is -1.29. The minimum atomic E-state index is -0.740. The van der Waals surface area contributed by atoms with Crippen LogP contribution < -0.4 is 5.32 Å². The van der Waals surface area contributed by atoms with E-state index < -0.39 is 18.5 Å². The minimum absolute atomic E-state index is 0.0348. The second-order valence-electron chi connectivity index (χ2n) is 5.96. The van der Waals surface area contributed by atoms with Crippen molar-refractivity contribution in [2.75, 3.05) is 6.61 Å². The molecule has 1 atom stereocenters. The number of fused-ring (bicyclic) bond motifs is 1. The van der Waals surface area contributed by atoms with Crippen molar-refractivity contribution < 1.29 is 19.4 Å². The molecular weight excluding hydrogens is 330 g/mol. The molecule has 0 aliphatic carbocycles. The Labute approximate surface area is 151 Å². The summed E-state index contributed by atoms with van der Waals surface area (Å²) in [6.07, 6.45) is 0. The molecule has 0 saturated carbocycles. The Kier molecular flexibility index (Phi) is 5.17. The molecule has 0 saturated heterocycles. The molecule has 5 nitrogen and oxygen atoms in total. The van der Waals surface area contributed by atoms with E-state index in [-0.39, 0.29) is 17.4 Å². The molecule has 2 N–H and O–H groups in total. The Morgan fingerprint density at radius 1 is 1.00 bits per heavy atom. The van der Waals surface area contributed by atoms with Crippen LogP contribution in [-0.2, 0) is 9.53 Å². The number of amides is 1. The maximum atomic E-state index is 12.2. The summed E-state index contributed by atoms with van der Waals surface area (Å²) in [5.41, 5.74) is 0.993. The van der Waals surface area contributed by atoms with Crippen LogP contribution in [0.2, 0.25) is 0 Å². The first-order valence-corrected chi connectivity index (χ1v) is 8.28. The van der Waals surface area contributed by atoms with Gasteiger partial charge in [-0.25, -0.2) is 4.79 Å². The van der Waals surface area contributed by atoms with Crippen LogP contribution in [-0.4, -0.2) is 23.6 Å². The monoisotopic (exact) mass is 349 g/mol. The Balaban J connectivity index is 1.62. The van der Waals surface area contributed by atoms with E-state index in [4.69, 9.17) is 4.74 Å². The number of rotatable bonds is 5. The van der Waals surface area contributed by atoms with Gasteiger partial charge in [0.2, 0.25) is 0 Å². The molecule has 0 heterocycles. The highest BCUT2D eigenvalue weighted by atomic mass is 16.5. The van der Waals surface area contributed by atoms with Crippen LogP contribution in [0.4, 0.5) is 0 Å². The first-order valence-electron chi connectivity index (χ1n) is 8.28. The molecule has 1 amide bonds. The number of aromatic hydroxyl groups is 1. The Morgan fingerprint density at radius 2 is 1.69 bits per heavy atom. The summed E-state index contributed by atoms with van der Waals surface area (Å²) >= 11 is 0. The van der Waals surface area contributed by atoms with Gasteiger partial charge in [-0.05, 0) is 23.9 Å². The van der Waals surface area contributed by atoms with Crippen molar-refractivity contribution in [3.8, 4) is 5.75 Å². The van der Waals surface area contributed by atoms with Crippen LogP contribution in [0.5, 0.6) is 5.75 Å². The number of carbonyl (C=O) groups is 2. The van der Waals surface area contributed by atoms with Crippen LogP contribution in [0.15, 0.2) is 66.7 Å². The van der Waals surface area contributed by atoms with Crippen LogP contribution in [0.1, 0.15) is 28.9 Å². The van der Waals surface area contributed by atoms with Gasteiger partial charge in [-0.3, -0.25) is 4.79 Å². The summed E-state index contributed by atoms with van der Waals surface area (Å²) < 4.78 is 5.05. The molecule has 3 aromatic carbocycles. The fourth-order valence-corrected chi connectivity index (χ4v) is 2.74. The Bertz CT molecular complexity index is 937. The molecule has 0 bridgehead atoms. The van der Waals surface area contributed by atoms with E-state index in [9.17, 15) is 14.7 Å². The summed E-state index contributed by atoms with van der Waals surface area (Å²) in [4.78, 5) is 24.2. The van der Waals surface area contributed by atoms with Gasteiger partial charge in [0.15, 0.2) is 6.61 Å². The van der Waals surface area contributed by atoms with E-state index in [1.807, 2.05) is 49.4 Å². The zero-order valence-corrected chi connectivity index (χ0v) is 14.3. The van der Waals surface area contributed by atoms with Gasteiger partial charge in [0, 0.05) is 5.39 Å². The van der Waals surface area contributed by atoms with E-state index in [1.165, 1.54) is 6.07 Å². The SMILES string of the molecule is C[C@@H](NC(=O)COC(=O)c1ccc2ccccc2c1O)c1ccccc1. The lowest BCUT2D eigenvalue weighted by Gasteiger charge is -2.14. The maximum Gasteiger partial charge on any atom is 0.342 e. The van der Waals surface area contributed by atoms with Gasteiger partial charge in [0.1, 0.15) is 11.3 Å². The van der Waals surface area contributed by atoms with Gasteiger partial charge in [0.25, 0.3) is 5.91 Å². The molecular formula is C21H19NO4.